The van der Waals surface area contributed by atoms with E-state index in [1.165, 1.54) is 7.48 Å². The van der Waals surface area contributed by atoms with Crippen LogP contribution >= 0.6 is 0 Å². The van der Waals surface area contributed by atoms with Crippen LogP contribution in [0, 0.1) is 0 Å². The van der Waals surface area contributed by atoms with Gasteiger partial charge in [0.25, 0.3) is 0 Å². The smallest absolute Gasteiger partial charge is 0.339 e. The monoisotopic (exact) mass is 418 g/mol. The fraction of sp³-hybridized carbons (Fsp3) is 0.250. The van der Waals surface area contributed by atoms with Crippen molar-refractivity contribution in [2.24, 2.45) is 0 Å². The number of aromatic hydroxyl groups is 3. The predicted molar refractivity (Wildman–Crippen MR) is 123 cm³/mol. The Kier molecular flexibility index (Phi) is 4.91. The van der Waals surface area contributed by atoms with Gasteiger partial charge in [-0.05, 0) is 45.9 Å². The number of phenols is 3. The Hall–Kier alpha value is -3.16. The molecule has 0 atom stereocenters. The Balaban J connectivity index is 1.99. The summed E-state index contributed by atoms with van der Waals surface area (Å²) in [5, 5.41) is 44.4. The van der Waals surface area contributed by atoms with Gasteiger partial charge in [-0.15, -0.1) is 0 Å². The molecule has 0 bridgehead atoms. The van der Waals surface area contributed by atoms with Crippen molar-refractivity contribution in [3.63, 3.8) is 0 Å². The molecule has 0 saturated carbocycles. The molecule has 0 amide bonds. The van der Waals surface area contributed by atoms with Gasteiger partial charge in [0.2, 0.25) is 0 Å². The zero-order valence-corrected chi connectivity index (χ0v) is 17.9. The van der Waals surface area contributed by atoms with E-state index < -0.39 is 17.0 Å². The van der Waals surface area contributed by atoms with Crippen LogP contribution in [0.25, 0.3) is 27.5 Å². The first kappa shape index (κ1) is 21.1. The highest BCUT2D eigenvalue weighted by molar-refractivity contribution is 6.51. The molecular weight excluding hydrogens is 393 g/mol. The summed E-state index contributed by atoms with van der Waals surface area (Å²) in [4.78, 5) is 0. The minimum atomic E-state index is -1.19. The zero-order valence-electron chi connectivity index (χ0n) is 17.9. The van der Waals surface area contributed by atoms with Crippen LogP contribution in [0.1, 0.15) is 27.7 Å². The Morgan fingerprint density at radius 1 is 0.806 bits per heavy atom. The second-order valence-corrected chi connectivity index (χ2v) is 8.68. The van der Waals surface area contributed by atoms with Gasteiger partial charge >= 0.3 is 7.48 Å². The van der Waals surface area contributed by atoms with Crippen LogP contribution in [0.5, 0.6) is 17.2 Å². The van der Waals surface area contributed by atoms with Crippen molar-refractivity contribution >= 4 is 34.8 Å². The van der Waals surface area contributed by atoms with Gasteiger partial charge in [-0.3, -0.25) is 0 Å². The summed E-state index contributed by atoms with van der Waals surface area (Å²) < 4.78 is 7.53. The normalized spacial score (nSPS) is 12.5. The molecule has 0 aliphatic carbocycles. The summed E-state index contributed by atoms with van der Waals surface area (Å²) in [6.07, 6.45) is 0. The zero-order chi connectivity index (χ0) is 22.6. The average Bonchev–Trinajstić information content (AvgIpc) is 3.07. The summed E-state index contributed by atoms with van der Waals surface area (Å²) in [5.41, 5.74) is -0.430. The van der Waals surface area contributed by atoms with Crippen LogP contribution < -0.4 is 5.46 Å². The minimum Gasteiger partial charge on any atom is -0.508 e. The number of nitrogens with zero attached hydrogens (tertiary/aromatic N) is 1. The van der Waals surface area contributed by atoms with E-state index in [0.29, 0.717) is 16.3 Å². The van der Waals surface area contributed by atoms with Gasteiger partial charge < -0.3 is 29.6 Å². The highest BCUT2D eigenvalue weighted by atomic mass is 16.5. The lowest BCUT2D eigenvalue weighted by atomic mass is 9.80. The van der Waals surface area contributed by atoms with Crippen LogP contribution in [-0.4, -0.2) is 43.7 Å². The third-order valence-corrected chi connectivity index (χ3v) is 6.03. The third-order valence-electron chi connectivity index (χ3n) is 6.03. The molecule has 3 aromatic carbocycles. The van der Waals surface area contributed by atoms with E-state index in [1.54, 1.807) is 32.3 Å². The molecular formula is C24H25BNO5. The largest absolute Gasteiger partial charge is 0.508 e. The van der Waals surface area contributed by atoms with Gasteiger partial charge in [-0.2, -0.15) is 0 Å². The first-order chi connectivity index (χ1) is 14.5. The lowest BCUT2D eigenvalue weighted by Crippen LogP contribution is -2.49. The van der Waals surface area contributed by atoms with Gasteiger partial charge in [0.15, 0.2) is 11.5 Å². The summed E-state index contributed by atoms with van der Waals surface area (Å²) in [6.45, 7) is 6.60. The Labute approximate surface area is 181 Å². The summed E-state index contributed by atoms with van der Waals surface area (Å²) >= 11 is 0. The number of hydrogen-bond donors (Lipinski definition) is 4. The molecule has 4 aromatic rings. The van der Waals surface area contributed by atoms with Gasteiger partial charge in [0.1, 0.15) is 11.3 Å². The van der Waals surface area contributed by atoms with Crippen molar-refractivity contribution < 1.29 is 25.1 Å². The van der Waals surface area contributed by atoms with E-state index in [-0.39, 0.29) is 17.0 Å². The summed E-state index contributed by atoms with van der Waals surface area (Å²) in [6, 6.07) is 16.9. The predicted octanol–water partition coefficient (Wildman–Crippen LogP) is 3.71. The molecule has 1 aromatic heterocycles. The average molecular weight is 418 g/mol. The number of rotatable bonds is 5. The standard InChI is InChI=1S/C24H25BNO5/c1-23(2,30)24(3,4)31-25-18-20(27)17-15-12-8-9-13-16(15)26(14-10-6-5-7-11-14)19(17)22(29)21(18)28/h5-13,27-30H,1-4H3. The molecule has 0 unspecified atom stereocenters. The lowest BCUT2D eigenvalue weighted by molar-refractivity contribution is -0.0893. The van der Waals surface area contributed by atoms with Crippen LogP contribution in [0.15, 0.2) is 54.6 Å². The first-order valence-electron chi connectivity index (χ1n) is 10.0. The van der Waals surface area contributed by atoms with Crippen molar-refractivity contribution in [3.05, 3.63) is 54.6 Å². The number of aromatic nitrogens is 1. The Morgan fingerprint density at radius 2 is 1.42 bits per heavy atom. The fourth-order valence-electron chi connectivity index (χ4n) is 3.50. The first-order valence-corrected chi connectivity index (χ1v) is 10.0. The highest BCUT2D eigenvalue weighted by Crippen LogP contribution is 2.44. The molecule has 0 aliphatic rings. The second kappa shape index (κ2) is 7.22. The number of para-hydroxylation sites is 2. The van der Waals surface area contributed by atoms with Gasteiger partial charge in [-0.1, -0.05) is 36.4 Å². The van der Waals surface area contributed by atoms with E-state index in [1.807, 2.05) is 54.6 Å². The van der Waals surface area contributed by atoms with Crippen molar-refractivity contribution in [1.82, 2.24) is 4.57 Å². The maximum Gasteiger partial charge on any atom is 0.339 e. The lowest BCUT2D eigenvalue weighted by Gasteiger charge is -2.37. The van der Waals surface area contributed by atoms with E-state index >= 15 is 0 Å². The topological polar surface area (TPSA) is 95.1 Å². The molecule has 0 saturated heterocycles. The number of phenolic OH excluding ortho intramolecular Hbond substituents is 3. The molecule has 4 N–H and O–H groups in total. The molecule has 31 heavy (non-hydrogen) atoms. The van der Waals surface area contributed by atoms with E-state index in [0.717, 1.165) is 11.2 Å². The van der Waals surface area contributed by atoms with E-state index in [9.17, 15) is 20.4 Å². The second-order valence-electron chi connectivity index (χ2n) is 8.68. The molecule has 4 rings (SSSR count). The summed E-state index contributed by atoms with van der Waals surface area (Å²) in [7, 11) is 1.18. The van der Waals surface area contributed by atoms with E-state index in [4.69, 9.17) is 4.65 Å². The molecule has 1 heterocycles. The Bertz CT molecular complexity index is 1270. The van der Waals surface area contributed by atoms with Crippen molar-refractivity contribution in [2.75, 3.05) is 0 Å². The van der Waals surface area contributed by atoms with Crippen molar-refractivity contribution in [1.29, 1.82) is 0 Å². The molecule has 1 radical (unpaired) electrons. The third kappa shape index (κ3) is 3.30. The number of aliphatic hydroxyl groups is 1. The molecule has 7 heteroatoms. The van der Waals surface area contributed by atoms with E-state index in [2.05, 4.69) is 0 Å². The maximum atomic E-state index is 11.2. The van der Waals surface area contributed by atoms with Gasteiger partial charge in [0, 0.05) is 16.5 Å². The van der Waals surface area contributed by atoms with Crippen LogP contribution in [0.3, 0.4) is 0 Å². The van der Waals surface area contributed by atoms with Crippen LogP contribution in [0.4, 0.5) is 0 Å². The number of benzene rings is 3. The molecule has 0 spiro atoms. The maximum absolute atomic E-state index is 11.2. The number of fused-ring (bicyclic) bond motifs is 3. The minimum absolute atomic E-state index is 0.0571. The van der Waals surface area contributed by atoms with Crippen molar-refractivity contribution in [3.8, 4) is 22.9 Å². The molecule has 6 nitrogen and oxygen atoms in total. The van der Waals surface area contributed by atoms with Crippen LogP contribution in [-0.2, 0) is 4.65 Å². The summed E-state index contributed by atoms with van der Waals surface area (Å²) in [5.74, 6) is -1.09. The SMILES string of the molecule is CC(C)(O)C(C)(C)O[B]c1c(O)c(O)c2c(c1O)c1ccccc1n2-c1ccccc1. The fourth-order valence-corrected chi connectivity index (χ4v) is 3.50. The molecule has 0 aliphatic heterocycles. The van der Waals surface area contributed by atoms with Gasteiger partial charge in [-0.25, -0.2) is 0 Å². The Morgan fingerprint density at radius 3 is 2.06 bits per heavy atom. The van der Waals surface area contributed by atoms with Crippen molar-refractivity contribution in [2.45, 2.75) is 38.9 Å². The molecule has 159 valence electrons. The highest BCUT2D eigenvalue weighted by Gasteiger charge is 2.37. The van der Waals surface area contributed by atoms with Crippen LogP contribution in [0.2, 0.25) is 0 Å². The quantitative estimate of drug-likeness (QED) is 0.225. The number of hydrogen-bond acceptors (Lipinski definition) is 5. The van der Waals surface area contributed by atoms with Gasteiger partial charge in [0.05, 0.1) is 22.1 Å². The molecule has 0 fully saturated rings.